The van der Waals surface area contributed by atoms with Gasteiger partial charge >= 0.3 is 0 Å². The van der Waals surface area contributed by atoms with Crippen LogP contribution in [-0.2, 0) is 8.16 Å². The molecule has 0 saturated heterocycles. The zero-order chi connectivity index (χ0) is 24.1. The van der Waals surface area contributed by atoms with E-state index >= 15 is 0 Å². The Balaban J connectivity index is 1.43. The minimum absolute atomic E-state index is 0.119. The second-order valence-electron chi connectivity index (χ2n) is 9.43. The van der Waals surface area contributed by atoms with E-state index in [9.17, 15) is 0 Å². The maximum absolute atomic E-state index is 2.43. The van der Waals surface area contributed by atoms with Gasteiger partial charge in [0.1, 0.15) is 8.16 Å². The van der Waals surface area contributed by atoms with Crippen LogP contribution in [0.25, 0.3) is 22.3 Å². The molecule has 3 aromatic carbocycles. The highest BCUT2D eigenvalue weighted by Gasteiger charge is 2.66. The first-order valence-corrected chi connectivity index (χ1v) is 16.8. The number of fused-ring (bicyclic) bond motifs is 8. The molecule has 8 rings (SSSR count). The third-order valence-electron chi connectivity index (χ3n) is 7.00. The lowest BCUT2D eigenvalue weighted by atomic mass is 9.89. The molecule has 0 fully saturated rings. The monoisotopic (exact) mass is 572 g/mol. The van der Waals surface area contributed by atoms with Crippen molar-refractivity contribution in [1.29, 1.82) is 0 Å². The van der Waals surface area contributed by atoms with E-state index in [2.05, 4.69) is 144 Å². The summed E-state index contributed by atoms with van der Waals surface area (Å²) in [7, 11) is 0. The minimum atomic E-state index is -0.139. The van der Waals surface area contributed by atoms with Gasteiger partial charge in [0, 0.05) is 40.5 Å². The van der Waals surface area contributed by atoms with Crippen LogP contribution in [0.3, 0.4) is 0 Å². The zero-order valence-corrected chi connectivity index (χ0v) is 24.4. The maximum atomic E-state index is 2.43. The lowest BCUT2D eigenvalue weighted by Crippen LogP contribution is -2.38. The molecule has 0 unspecified atom stereocenters. The van der Waals surface area contributed by atoms with Crippen LogP contribution in [0.4, 0.5) is 0 Å². The second-order valence-corrected chi connectivity index (χ2v) is 16.8. The predicted molar refractivity (Wildman–Crippen MR) is 162 cm³/mol. The summed E-state index contributed by atoms with van der Waals surface area (Å²) in [6.45, 7) is 4.42. The van der Waals surface area contributed by atoms with Gasteiger partial charge in [-0.25, -0.2) is 0 Å². The van der Waals surface area contributed by atoms with Gasteiger partial charge < -0.3 is 0 Å². The molecule has 0 atom stereocenters. The molecule has 4 heterocycles. The summed E-state index contributed by atoms with van der Waals surface area (Å²) < 4.78 is -0.258. The molecule has 0 radical (unpaired) electrons. The molecule has 36 heavy (non-hydrogen) atoms. The van der Waals surface area contributed by atoms with E-state index < -0.39 is 0 Å². The van der Waals surface area contributed by atoms with E-state index in [0.29, 0.717) is 0 Å². The molecule has 1 aliphatic carbocycles. The first-order valence-electron chi connectivity index (χ1n) is 11.8. The van der Waals surface area contributed by atoms with Crippen molar-refractivity contribution in [3.63, 3.8) is 0 Å². The summed E-state index contributed by atoms with van der Waals surface area (Å²) in [5, 5.41) is 4.75. The Morgan fingerprint density at radius 3 is 1.64 bits per heavy atom. The highest BCUT2D eigenvalue weighted by Crippen LogP contribution is 2.83. The topological polar surface area (TPSA) is 0 Å². The van der Waals surface area contributed by atoms with Gasteiger partial charge in [-0.05, 0) is 66.1 Å². The predicted octanol–water partition coefficient (Wildman–Crippen LogP) is 10.9. The van der Waals surface area contributed by atoms with Crippen molar-refractivity contribution in [3.8, 4) is 22.3 Å². The first kappa shape index (κ1) is 22.4. The molecule has 176 valence electrons. The SMILES string of the molecule is Cc1cc(C)cc(-c2csc3c2-c2ccsc2C2(Sc4ccccc4S2)C32Sc3ccccc3S2)c1. The third kappa shape index (κ3) is 2.94. The van der Waals surface area contributed by atoms with E-state index in [-0.39, 0.29) is 8.16 Å². The van der Waals surface area contributed by atoms with Gasteiger partial charge in [-0.15, -0.1) is 22.7 Å². The van der Waals surface area contributed by atoms with E-state index in [1.807, 2.05) is 22.7 Å². The first-order chi connectivity index (χ1) is 17.6. The lowest BCUT2D eigenvalue weighted by molar-refractivity contribution is 0.813. The van der Waals surface area contributed by atoms with E-state index in [1.165, 1.54) is 62.7 Å². The molecular formula is C30H20S6. The number of thiophene rings is 2. The fourth-order valence-electron chi connectivity index (χ4n) is 5.62. The molecule has 5 aromatic rings. The molecule has 0 amide bonds. The fraction of sp³-hybridized carbons (Fsp3) is 0.133. The Kier molecular flexibility index (Phi) is 4.98. The van der Waals surface area contributed by atoms with Crippen LogP contribution in [0, 0.1) is 13.8 Å². The van der Waals surface area contributed by atoms with Crippen molar-refractivity contribution in [3.05, 3.63) is 104 Å². The molecule has 2 aromatic heterocycles. The molecule has 2 spiro atoms. The van der Waals surface area contributed by atoms with Gasteiger partial charge in [-0.2, -0.15) is 0 Å². The minimum Gasteiger partial charge on any atom is -0.146 e. The highest BCUT2D eigenvalue weighted by molar-refractivity contribution is 8.26. The van der Waals surface area contributed by atoms with Crippen LogP contribution in [0.15, 0.2) is 103 Å². The number of benzene rings is 3. The molecule has 0 saturated carbocycles. The van der Waals surface area contributed by atoms with Crippen molar-refractivity contribution in [2.75, 3.05) is 0 Å². The average molecular weight is 573 g/mol. The molecule has 2 aliphatic heterocycles. The van der Waals surface area contributed by atoms with Crippen molar-refractivity contribution in [1.82, 2.24) is 0 Å². The second kappa shape index (κ2) is 7.98. The normalized spacial score (nSPS) is 17.7. The summed E-state index contributed by atoms with van der Waals surface area (Å²) >= 11 is 12.3. The van der Waals surface area contributed by atoms with Crippen LogP contribution in [0.5, 0.6) is 0 Å². The number of thioether (sulfide) groups is 4. The standard InChI is InChI=1S/C30H20S6/c1-17-13-18(2)15-19(14-17)21-16-32-28-26(21)20-11-12-31-27(20)29(33-22-7-3-4-8-23(22)34-29)30(28)35-24-9-5-6-10-25(24)36-30/h3-16H,1-2H3. The number of rotatable bonds is 1. The Hall–Kier alpha value is -1.54. The van der Waals surface area contributed by atoms with Crippen LogP contribution >= 0.6 is 69.7 Å². The zero-order valence-electron chi connectivity index (χ0n) is 19.5. The van der Waals surface area contributed by atoms with Gasteiger partial charge in [0.2, 0.25) is 0 Å². The molecule has 0 N–H and O–H groups in total. The largest absolute Gasteiger partial charge is 0.146 e. The van der Waals surface area contributed by atoms with Crippen molar-refractivity contribution in [2.24, 2.45) is 0 Å². The Morgan fingerprint density at radius 2 is 1.08 bits per heavy atom. The summed E-state index contributed by atoms with van der Waals surface area (Å²) in [4.78, 5) is 8.66. The summed E-state index contributed by atoms with van der Waals surface area (Å²) in [5.41, 5.74) is 8.27. The fourth-order valence-corrected chi connectivity index (χ4v) is 16.2. The van der Waals surface area contributed by atoms with Gasteiger partial charge in [0.15, 0.2) is 0 Å². The lowest BCUT2D eigenvalue weighted by Gasteiger charge is -2.46. The summed E-state index contributed by atoms with van der Waals surface area (Å²) in [6, 6.07) is 27.4. The molecule has 6 heteroatoms. The van der Waals surface area contributed by atoms with Crippen LogP contribution in [0.1, 0.15) is 20.9 Å². The average Bonchev–Trinajstić information content (AvgIpc) is 3.65. The maximum Gasteiger partial charge on any atom is 0.134 e. The Labute approximate surface area is 236 Å². The summed E-state index contributed by atoms with van der Waals surface area (Å²) in [6.07, 6.45) is 0. The van der Waals surface area contributed by atoms with Crippen LogP contribution < -0.4 is 0 Å². The molecular weight excluding hydrogens is 553 g/mol. The van der Waals surface area contributed by atoms with Gasteiger partial charge in [0.25, 0.3) is 0 Å². The van der Waals surface area contributed by atoms with E-state index in [1.54, 1.807) is 0 Å². The summed E-state index contributed by atoms with van der Waals surface area (Å²) in [5.74, 6) is 0. The Morgan fingerprint density at radius 1 is 0.556 bits per heavy atom. The smallest absolute Gasteiger partial charge is 0.134 e. The van der Waals surface area contributed by atoms with E-state index in [0.717, 1.165) is 0 Å². The van der Waals surface area contributed by atoms with Crippen molar-refractivity contribution < 1.29 is 0 Å². The van der Waals surface area contributed by atoms with Gasteiger partial charge in [-0.3, -0.25) is 0 Å². The van der Waals surface area contributed by atoms with Gasteiger partial charge in [-0.1, -0.05) is 101 Å². The van der Waals surface area contributed by atoms with Crippen molar-refractivity contribution in [2.45, 2.75) is 41.6 Å². The Bertz CT molecular complexity index is 1620. The quantitative estimate of drug-likeness (QED) is 0.196. The molecule has 0 nitrogen and oxygen atoms in total. The molecule has 0 bridgehead atoms. The van der Waals surface area contributed by atoms with Gasteiger partial charge in [0.05, 0.1) is 0 Å². The number of hydrogen-bond donors (Lipinski definition) is 0. The third-order valence-corrected chi connectivity index (χ3v) is 16.9. The number of aryl methyl sites for hydroxylation is 2. The van der Waals surface area contributed by atoms with Crippen molar-refractivity contribution >= 4 is 69.7 Å². The van der Waals surface area contributed by atoms with E-state index in [4.69, 9.17) is 0 Å². The van der Waals surface area contributed by atoms with Crippen LogP contribution in [-0.4, -0.2) is 0 Å². The van der Waals surface area contributed by atoms with Crippen LogP contribution in [0.2, 0.25) is 0 Å². The number of hydrogen-bond acceptors (Lipinski definition) is 6. The highest BCUT2D eigenvalue weighted by atomic mass is 32.2. The molecule has 3 aliphatic rings.